The van der Waals surface area contributed by atoms with E-state index in [-0.39, 0.29) is 0 Å². The summed E-state index contributed by atoms with van der Waals surface area (Å²) in [6, 6.07) is 10.2. The fourth-order valence-electron chi connectivity index (χ4n) is 1.91. The topological polar surface area (TPSA) is 37.8 Å². The highest BCUT2D eigenvalue weighted by Crippen LogP contribution is 2.15. The molecule has 0 spiro atoms. The molecule has 0 bridgehead atoms. The largest absolute Gasteiger partial charge is 0.311 e. The van der Waals surface area contributed by atoms with E-state index in [1.807, 2.05) is 24.4 Å². The second kappa shape index (κ2) is 6.43. The van der Waals surface area contributed by atoms with Gasteiger partial charge in [0.05, 0.1) is 5.69 Å². The monoisotopic (exact) mass is 255 g/mol. The van der Waals surface area contributed by atoms with E-state index in [0.717, 1.165) is 30.2 Å². The average molecular weight is 255 g/mol. The molecular weight excluding hydrogens is 234 g/mol. The van der Waals surface area contributed by atoms with Crippen LogP contribution in [0.1, 0.15) is 25.1 Å². The lowest BCUT2D eigenvalue weighted by molar-refractivity contribution is 0.548. The Bertz CT molecular complexity index is 535. The summed E-state index contributed by atoms with van der Waals surface area (Å²) >= 11 is 0. The maximum Gasteiger partial charge on any atom is 0.159 e. The molecule has 1 heterocycles. The smallest absolute Gasteiger partial charge is 0.159 e. The lowest BCUT2D eigenvalue weighted by Crippen LogP contribution is -2.19. The molecule has 2 rings (SSSR count). The zero-order valence-corrected chi connectivity index (χ0v) is 11.9. The van der Waals surface area contributed by atoms with Gasteiger partial charge in [-0.3, -0.25) is 0 Å². The van der Waals surface area contributed by atoms with Crippen LogP contribution in [0.3, 0.4) is 0 Å². The Morgan fingerprint density at radius 3 is 2.79 bits per heavy atom. The predicted octanol–water partition coefficient (Wildman–Crippen LogP) is 3.20. The highest BCUT2D eigenvalue weighted by atomic mass is 14.9. The standard InChI is InChI=1S/C16H21N3/c1-12(2)10-17-11-15-7-8-18-16(19-15)14-6-4-5-13(3)9-14/h4-9,12,17H,10-11H2,1-3H3. The number of aromatic nitrogens is 2. The number of nitrogens with one attached hydrogen (secondary N) is 1. The van der Waals surface area contributed by atoms with Crippen LogP contribution in [0.15, 0.2) is 36.5 Å². The molecule has 1 N–H and O–H groups in total. The summed E-state index contributed by atoms with van der Waals surface area (Å²) in [6.45, 7) is 8.27. The summed E-state index contributed by atoms with van der Waals surface area (Å²) in [7, 11) is 0. The second-order valence-corrected chi connectivity index (χ2v) is 5.27. The van der Waals surface area contributed by atoms with E-state index in [2.05, 4.69) is 48.2 Å². The molecule has 0 amide bonds. The number of aryl methyl sites for hydroxylation is 1. The molecule has 1 aromatic heterocycles. The molecule has 0 aliphatic carbocycles. The van der Waals surface area contributed by atoms with Gasteiger partial charge < -0.3 is 5.32 Å². The van der Waals surface area contributed by atoms with Gasteiger partial charge in [-0.1, -0.05) is 37.6 Å². The summed E-state index contributed by atoms with van der Waals surface area (Å²) < 4.78 is 0. The van der Waals surface area contributed by atoms with E-state index in [1.165, 1.54) is 5.56 Å². The molecule has 0 unspecified atom stereocenters. The van der Waals surface area contributed by atoms with Crippen molar-refractivity contribution in [3.63, 3.8) is 0 Å². The molecule has 0 atom stereocenters. The number of rotatable bonds is 5. The fraction of sp³-hybridized carbons (Fsp3) is 0.375. The molecule has 2 aromatic rings. The van der Waals surface area contributed by atoms with Gasteiger partial charge in [-0.2, -0.15) is 0 Å². The average Bonchev–Trinajstić information content (AvgIpc) is 2.39. The second-order valence-electron chi connectivity index (χ2n) is 5.27. The van der Waals surface area contributed by atoms with Crippen molar-refractivity contribution >= 4 is 0 Å². The molecule has 0 aliphatic rings. The minimum atomic E-state index is 0.651. The third-order valence-electron chi connectivity index (χ3n) is 2.85. The van der Waals surface area contributed by atoms with E-state index in [0.29, 0.717) is 5.92 Å². The van der Waals surface area contributed by atoms with Crippen molar-refractivity contribution < 1.29 is 0 Å². The maximum absolute atomic E-state index is 4.61. The molecule has 0 saturated carbocycles. The molecule has 3 heteroatoms. The Labute approximate surface area is 115 Å². The van der Waals surface area contributed by atoms with E-state index in [1.54, 1.807) is 0 Å². The Morgan fingerprint density at radius 1 is 1.21 bits per heavy atom. The summed E-state index contributed by atoms with van der Waals surface area (Å²) in [5, 5.41) is 3.40. The van der Waals surface area contributed by atoms with Gasteiger partial charge in [0.1, 0.15) is 0 Å². The number of hydrogen-bond donors (Lipinski definition) is 1. The van der Waals surface area contributed by atoms with Gasteiger partial charge >= 0.3 is 0 Å². The number of benzene rings is 1. The summed E-state index contributed by atoms with van der Waals surface area (Å²) in [5.74, 6) is 1.45. The molecule has 19 heavy (non-hydrogen) atoms. The SMILES string of the molecule is Cc1cccc(-c2nccc(CNCC(C)C)n2)c1. The minimum Gasteiger partial charge on any atom is -0.311 e. The Balaban J connectivity index is 2.11. The van der Waals surface area contributed by atoms with Crippen LogP contribution >= 0.6 is 0 Å². The van der Waals surface area contributed by atoms with Crippen molar-refractivity contribution in [3.8, 4) is 11.4 Å². The highest BCUT2D eigenvalue weighted by Gasteiger charge is 2.03. The molecule has 0 aliphatic heterocycles. The van der Waals surface area contributed by atoms with Crippen LogP contribution in [-0.4, -0.2) is 16.5 Å². The third kappa shape index (κ3) is 4.14. The fourth-order valence-corrected chi connectivity index (χ4v) is 1.91. The quantitative estimate of drug-likeness (QED) is 0.891. The van der Waals surface area contributed by atoms with Gasteiger partial charge in [0, 0.05) is 18.3 Å². The minimum absolute atomic E-state index is 0.651. The predicted molar refractivity (Wildman–Crippen MR) is 78.7 cm³/mol. The van der Waals surface area contributed by atoms with E-state index in [4.69, 9.17) is 0 Å². The van der Waals surface area contributed by atoms with Gasteiger partial charge in [0.25, 0.3) is 0 Å². The molecular formula is C16H21N3. The molecule has 0 radical (unpaired) electrons. The zero-order chi connectivity index (χ0) is 13.7. The van der Waals surface area contributed by atoms with Gasteiger partial charge in [0.15, 0.2) is 5.82 Å². The van der Waals surface area contributed by atoms with Crippen molar-refractivity contribution in [1.29, 1.82) is 0 Å². The Hall–Kier alpha value is -1.74. The molecule has 0 fully saturated rings. The highest BCUT2D eigenvalue weighted by molar-refractivity contribution is 5.55. The summed E-state index contributed by atoms with van der Waals surface area (Å²) in [4.78, 5) is 8.96. The maximum atomic E-state index is 4.61. The van der Waals surface area contributed by atoms with Crippen LogP contribution in [-0.2, 0) is 6.54 Å². The van der Waals surface area contributed by atoms with Gasteiger partial charge in [0.2, 0.25) is 0 Å². The molecule has 100 valence electrons. The summed E-state index contributed by atoms with van der Waals surface area (Å²) in [6.07, 6.45) is 1.83. The normalized spacial score (nSPS) is 10.9. The van der Waals surface area contributed by atoms with Gasteiger partial charge in [-0.05, 0) is 31.5 Å². The first kappa shape index (κ1) is 13.7. The number of hydrogen-bond acceptors (Lipinski definition) is 3. The van der Waals surface area contributed by atoms with Crippen LogP contribution in [0.4, 0.5) is 0 Å². The summed E-state index contributed by atoms with van der Waals surface area (Å²) in [5.41, 5.74) is 3.34. The van der Waals surface area contributed by atoms with Crippen LogP contribution in [0.5, 0.6) is 0 Å². The van der Waals surface area contributed by atoms with E-state index in [9.17, 15) is 0 Å². The lowest BCUT2D eigenvalue weighted by Gasteiger charge is -2.08. The molecule has 1 aromatic carbocycles. The first-order valence-corrected chi connectivity index (χ1v) is 6.75. The van der Waals surface area contributed by atoms with Crippen molar-refractivity contribution in [2.75, 3.05) is 6.54 Å². The zero-order valence-electron chi connectivity index (χ0n) is 11.9. The first-order chi connectivity index (χ1) is 9.15. The van der Waals surface area contributed by atoms with Crippen molar-refractivity contribution in [2.24, 2.45) is 5.92 Å². The third-order valence-corrected chi connectivity index (χ3v) is 2.85. The first-order valence-electron chi connectivity index (χ1n) is 6.75. The van der Waals surface area contributed by atoms with Crippen molar-refractivity contribution in [3.05, 3.63) is 47.8 Å². The van der Waals surface area contributed by atoms with E-state index >= 15 is 0 Å². The van der Waals surface area contributed by atoms with E-state index < -0.39 is 0 Å². The van der Waals surface area contributed by atoms with Crippen LogP contribution < -0.4 is 5.32 Å². The Morgan fingerprint density at radius 2 is 2.05 bits per heavy atom. The van der Waals surface area contributed by atoms with Gasteiger partial charge in [-0.15, -0.1) is 0 Å². The van der Waals surface area contributed by atoms with Crippen LogP contribution in [0, 0.1) is 12.8 Å². The van der Waals surface area contributed by atoms with Crippen LogP contribution in [0.25, 0.3) is 11.4 Å². The lowest BCUT2D eigenvalue weighted by atomic mass is 10.1. The van der Waals surface area contributed by atoms with Gasteiger partial charge in [-0.25, -0.2) is 9.97 Å². The molecule has 0 saturated heterocycles. The molecule has 3 nitrogen and oxygen atoms in total. The Kier molecular flexibility index (Phi) is 4.63. The number of nitrogens with zero attached hydrogens (tertiary/aromatic N) is 2. The van der Waals surface area contributed by atoms with Crippen molar-refractivity contribution in [2.45, 2.75) is 27.3 Å². The van der Waals surface area contributed by atoms with Crippen molar-refractivity contribution in [1.82, 2.24) is 15.3 Å². The van der Waals surface area contributed by atoms with Crippen LogP contribution in [0.2, 0.25) is 0 Å².